The minimum absolute atomic E-state index is 0.0485. The van der Waals surface area contributed by atoms with Crippen molar-refractivity contribution in [3.8, 4) is 5.75 Å². The fourth-order valence-electron chi connectivity index (χ4n) is 2.99. The minimum Gasteiger partial charge on any atom is -0.497 e. The molecule has 0 unspecified atom stereocenters. The number of anilines is 1. The Labute approximate surface area is 167 Å². The molecule has 1 aromatic heterocycles. The first kappa shape index (κ1) is 19.3. The molecule has 2 aromatic rings. The lowest BCUT2D eigenvalue weighted by Gasteiger charge is -2.23. The van der Waals surface area contributed by atoms with E-state index in [1.165, 1.54) is 0 Å². The van der Waals surface area contributed by atoms with Crippen LogP contribution < -0.4 is 10.1 Å². The molecular weight excluding hydrogens is 382 g/mol. The Morgan fingerprint density at radius 2 is 2.04 bits per heavy atom. The van der Waals surface area contributed by atoms with E-state index in [0.717, 1.165) is 4.88 Å². The molecule has 0 aliphatic carbocycles. The topological polar surface area (TPSA) is 61.9 Å². The van der Waals surface area contributed by atoms with Gasteiger partial charge in [0.25, 0.3) is 5.91 Å². The van der Waals surface area contributed by atoms with Crippen molar-refractivity contribution in [1.29, 1.82) is 0 Å². The largest absolute Gasteiger partial charge is 0.497 e. The van der Waals surface area contributed by atoms with Gasteiger partial charge in [0.05, 0.1) is 20.1 Å². The third-order valence-electron chi connectivity index (χ3n) is 4.38. The summed E-state index contributed by atoms with van der Waals surface area (Å²) in [5.41, 5.74) is 0.658. The third kappa shape index (κ3) is 4.28. The van der Waals surface area contributed by atoms with Crippen molar-refractivity contribution >= 4 is 46.2 Å². The first-order valence-electron chi connectivity index (χ1n) is 8.61. The molecule has 0 bridgehead atoms. The van der Waals surface area contributed by atoms with Crippen LogP contribution in [0.2, 0.25) is 0 Å². The number of thiocarbonyl (C=S) groups is 1. The van der Waals surface area contributed by atoms with E-state index >= 15 is 0 Å². The number of ether oxygens (including phenoxy) is 1. The summed E-state index contributed by atoms with van der Waals surface area (Å²) in [6.45, 7) is 2.90. The van der Waals surface area contributed by atoms with E-state index in [2.05, 4.69) is 5.32 Å². The van der Waals surface area contributed by atoms with Crippen molar-refractivity contribution in [3.05, 3.63) is 46.7 Å². The monoisotopic (exact) mass is 403 g/mol. The van der Waals surface area contributed by atoms with Crippen LogP contribution >= 0.6 is 23.6 Å². The molecule has 1 aliphatic rings. The van der Waals surface area contributed by atoms with Gasteiger partial charge in [-0.15, -0.1) is 11.3 Å². The van der Waals surface area contributed by atoms with E-state index in [1.54, 1.807) is 47.6 Å². The zero-order valence-electron chi connectivity index (χ0n) is 15.2. The summed E-state index contributed by atoms with van der Waals surface area (Å²) in [7, 11) is 1.59. The average Bonchev–Trinajstić information content (AvgIpc) is 3.25. The Hall–Kier alpha value is -2.45. The second-order valence-electron chi connectivity index (χ2n) is 6.07. The molecule has 1 aromatic carbocycles. The van der Waals surface area contributed by atoms with Gasteiger partial charge in [0.15, 0.2) is 5.11 Å². The number of rotatable bonds is 7. The van der Waals surface area contributed by atoms with Crippen LogP contribution in [0.15, 0.2) is 41.8 Å². The molecule has 1 N–H and O–H groups in total. The van der Waals surface area contributed by atoms with Crippen molar-refractivity contribution in [3.63, 3.8) is 0 Å². The molecule has 2 amide bonds. The van der Waals surface area contributed by atoms with Crippen molar-refractivity contribution < 1.29 is 14.3 Å². The van der Waals surface area contributed by atoms with Crippen LogP contribution in [0.5, 0.6) is 5.75 Å². The number of carbonyl (C=O) groups excluding carboxylic acids is 2. The molecule has 142 valence electrons. The highest BCUT2D eigenvalue weighted by molar-refractivity contribution is 7.80. The third-order valence-corrected chi connectivity index (χ3v) is 5.69. The summed E-state index contributed by atoms with van der Waals surface area (Å²) in [6, 6.07) is 10.4. The van der Waals surface area contributed by atoms with E-state index < -0.39 is 6.04 Å². The fraction of sp³-hybridized carbons (Fsp3) is 0.316. The van der Waals surface area contributed by atoms with Crippen LogP contribution in [-0.2, 0) is 16.1 Å². The molecule has 1 saturated heterocycles. The minimum atomic E-state index is -0.585. The van der Waals surface area contributed by atoms with E-state index in [-0.39, 0.29) is 18.2 Å². The van der Waals surface area contributed by atoms with Gasteiger partial charge in [-0.05, 0) is 54.9 Å². The van der Waals surface area contributed by atoms with Gasteiger partial charge < -0.3 is 15.0 Å². The maximum atomic E-state index is 12.8. The van der Waals surface area contributed by atoms with E-state index in [4.69, 9.17) is 17.0 Å². The summed E-state index contributed by atoms with van der Waals surface area (Å²) in [4.78, 5) is 29.8. The zero-order valence-corrected chi connectivity index (χ0v) is 16.8. The van der Waals surface area contributed by atoms with Gasteiger partial charge in [-0.2, -0.15) is 0 Å². The quantitative estimate of drug-likeness (QED) is 0.720. The predicted octanol–water partition coefficient (Wildman–Crippen LogP) is 3.10. The van der Waals surface area contributed by atoms with Crippen LogP contribution in [0, 0.1) is 0 Å². The van der Waals surface area contributed by atoms with Crippen molar-refractivity contribution in [2.45, 2.75) is 25.9 Å². The van der Waals surface area contributed by atoms with Gasteiger partial charge in [0.1, 0.15) is 11.8 Å². The maximum absolute atomic E-state index is 12.8. The van der Waals surface area contributed by atoms with Gasteiger partial charge in [0, 0.05) is 17.1 Å². The number of carbonyl (C=O) groups is 2. The molecule has 0 radical (unpaired) electrons. The highest BCUT2D eigenvalue weighted by Gasteiger charge is 2.42. The highest BCUT2D eigenvalue weighted by atomic mass is 32.1. The maximum Gasteiger partial charge on any atom is 0.252 e. The Balaban J connectivity index is 1.71. The van der Waals surface area contributed by atoms with Crippen LogP contribution in [0.4, 0.5) is 5.69 Å². The molecule has 0 saturated carbocycles. The smallest absolute Gasteiger partial charge is 0.252 e. The number of nitrogens with one attached hydrogen (secondary N) is 1. The second kappa shape index (κ2) is 8.49. The molecule has 8 heteroatoms. The Morgan fingerprint density at radius 1 is 1.30 bits per heavy atom. The number of amides is 2. The van der Waals surface area contributed by atoms with Crippen molar-refractivity contribution in [2.24, 2.45) is 0 Å². The average molecular weight is 404 g/mol. The summed E-state index contributed by atoms with van der Waals surface area (Å²) in [5, 5.41) is 5.30. The molecule has 1 aliphatic heterocycles. The van der Waals surface area contributed by atoms with E-state index in [1.807, 2.05) is 29.3 Å². The van der Waals surface area contributed by atoms with Gasteiger partial charge in [-0.1, -0.05) is 6.07 Å². The zero-order chi connectivity index (χ0) is 19.4. The van der Waals surface area contributed by atoms with Crippen LogP contribution in [0.1, 0.15) is 18.2 Å². The second-order valence-corrected chi connectivity index (χ2v) is 7.47. The number of nitrogens with zero attached hydrogens (tertiary/aromatic N) is 2. The molecule has 1 atom stereocenters. The van der Waals surface area contributed by atoms with Gasteiger partial charge >= 0.3 is 0 Å². The first-order valence-corrected chi connectivity index (χ1v) is 9.90. The molecule has 0 spiro atoms. The number of thiophene rings is 1. The van der Waals surface area contributed by atoms with Crippen LogP contribution in [0.3, 0.4) is 0 Å². The number of benzene rings is 1. The predicted molar refractivity (Wildman–Crippen MR) is 110 cm³/mol. The number of likely N-dealkylation sites (N-methyl/N-ethyl adjacent to an activating group) is 1. The van der Waals surface area contributed by atoms with Gasteiger partial charge in [0.2, 0.25) is 5.91 Å². The Bertz CT molecular complexity index is 821. The Morgan fingerprint density at radius 3 is 2.63 bits per heavy atom. The summed E-state index contributed by atoms with van der Waals surface area (Å²) in [5.74, 6) is 0.365. The Kier molecular flexibility index (Phi) is 6.08. The summed E-state index contributed by atoms with van der Waals surface area (Å²) in [6.07, 6.45) is 0.0485. The standard InChI is InChI=1S/C19H21N3O3S2/c1-3-21-18(24)16(22(19(21)26)12-15-5-4-10-27-15)11-17(23)20-13-6-8-14(25-2)9-7-13/h4-10,16H,3,11-12H2,1-2H3,(H,20,23)/t16-/m1/s1. The van der Waals surface area contributed by atoms with Gasteiger partial charge in [-0.25, -0.2) is 0 Å². The van der Waals surface area contributed by atoms with Crippen LogP contribution in [-0.4, -0.2) is 46.4 Å². The first-order chi connectivity index (χ1) is 13.0. The molecular formula is C19H21N3O3S2. The van der Waals surface area contributed by atoms with Gasteiger partial charge in [-0.3, -0.25) is 14.5 Å². The lowest BCUT2D eigenvalue weighted by molar-refractivity contribution is -0.130. The molecule has 1 fully saturated rings. The van der Waals surface area contributed by atoms with Crippen LogP contribution in [0.25, 0.3) is 0 Å². The lowest BCUT2D eigenvalue weighted by Crippen LogP contribution is -2.37. The lowest BCUT2D eigenvalue weighted by atomic mass is 10.1. The van der Waals surface area contributed by atoms with E-state index in [0.29, 0.717) is 29.6 Å². The molecule has 27 heavy (non-hydrogen) atoms. The molecule has 2 heterocycles. The van der Waals surface area contributed by atoms with Crippen molar-refractivity contribution in [1.82, 2.24) is 9.80 Å². The summed E-state index contributed by atoms with van der Waals surface area (Å²) >= 11 is 7.09. The number of methoxy groups -OCH3 is 1. The van der Waals surface area contributed by atoms with Crippen molar-refractivity contribution in [2.75, 3.05) is 19.0 Å². The molecule has 6 nitrogen and oxygen atoms in total. The summed E-state index contributed by atoms with van der Waals surface area (Å²) < 4.78 is 5.11. The number of hydrogen-bond donors (Lipinski definition) is 1. The normalized spacial score (nSPS) is 16.7. The highest BCUT2D eigenvalue weighted by Crippen LogP contribution is 2.25. The van der Waals surface area contributed by atoms with E-state index in [9.17, 15) is 9.59 Å². The molecule has 3 rings (SSSR count). The number of hydrogen-bond acceptors (Lipinski definition) is 5. The SMILES string of the molecule is CCN1C(=O)[C@@H](CC(=O)Nc2ccc(OC)cc2)N(Cc2cccs2)C1=S. The fourth-order valence-corrected chi connectivity index (χ4v) is 4.11.